The molecule has 2 saturated heterocycles. The molecular formula is C29H35F3N8O2. The number of nitrogens with one attached hydrogen (secondary N) is 2. The van der Waals surface area contributed by atoms with Crippen LogP contribution in [0.25, 0.3) is 0 Å². The van der Waals surface area contributed by atoms with E-state index < -0.39 is 11.9 Å². The van der Waals surface area contributed by atoms with Gasteiger partial charge >= 0.3 is 6.18 Å². The van der Waals surface area contributed by atoms with Gasteiger partial charge in [0.05, 0.1) is 31.8 Å². The van der Waals surface area contributed by atoms with Crippen molar-refractivity contribution in [3.63, 3.8) is 0 Å². The average Bonchev–Trinajstić information content (AvgIpc) is 3.63. The molecule has 3 aliphatic heterocycles. The average molecular weight is 585 g/mol. The lowest BCUT2D eigenvalue weighted by Gasteiger charge is -2.45. The molecule has 0 spiro atoms. The van der Waals surface area contributed by atoms with Gasteiger partial charge < -0.3 is 19.8 Å². The molecule has 4 aliphatic rings. The van der Waals surface area contributed by atoms with Crippen molar-refractivity contribution in [1.29, 1.82) is 0 Å². The van der Waals surface area contributed by atoms with Gasteiger partial charge in [-0.25, -0.2) is 4.98 Å². The first kappa shape index (κ1) is 27.4. The number of likely N-dealkylation sites (tertiary alicyclic amines) is 1. The highest BCUT2D eigenvalue weighted by Gasteiger charge is 2.38. The molecule has 3 fully saturated rings. The number of piperidine rings is 1. The fourth-order valence-corrected chi connectivity index (χ4v) is 6.43. The first-order valence-corrected chi connectivity index (χ1v) is 14.7. The molecule has 1 aliphatic carbocycles. The summed E-state index contributed by atoms with van der Waals surface area (Å²) in [5, 5.41) is 7.79. The third kappa shape index (κ3) is 5.77. The first-order valence-electron chi connectivity index (χ1n) is 14.7. The fourth-order valence-electron chi connectivity index (χ4n) is 6.43. The van der Waals surface area contributed by atoms with Crippen molar-refractivity contribution in [3.05, 3.63) is 59.2 Å². The molecule has 0 bridgehead atoms. The van der Waals surface area contributed by atoms with E-state index >= 15 is 0 Å². The number of fused-ring (bicyclic) bond motifs is 1. The molecule has 42 heavy (non-hydrogen) atoms. The lowest BCUT2D eigenvalue weighted by molar-refractivity contribution is -0.141. The summed E-state index contributed by atoms with van der Waals surface area (Å²) >= 11 is 0. The van der Waals surface area contributed by atoms with Gasteiger partial charge in [0.15, 0.2) is 0 Å². The number of nitrogens with zero attached hydrogens (tertiary/aromatic N) is 6. The van der Waals surface area contributed by atoms with Crippen molar-refractivity contribution in [2.75, 3.05) is 44.7 Å². The Kier molecular flexibility index (Phi) is 7.40. The fraction of sp³-hybridized carbons (Fsp3) is 0.552. The molecule has 1 atom stereocenters. The van der Waals surface area contributed by atoms with Gasteiger partial charge in [-0.3, -0.25) is 19.5 Å². The second kappa shape index (κ2) is 11.3. The van der Waals surface area contributed by atoms with E-state index in [9.17, 15) is 13.2 Å². The Morgan fingerprint density at radius 3 is 2.64 bits per heavy atom. The van der Waals surface area contributed by atoms with Gasteiger partial charge in [-0.2, -0.15) is 18.3 Å². The number of ether oxygens (including phenoxy) is 2. The monoisotopic (exact) mass is 584 g/mol. The van der Waals surface area contributed by atoms with Crippen LogP contribution >= 0.6 is 0 Å². The standard InChI is InChI=1S/C29H35F3N8O2/c30-29(31,32)25-11-19(16-38-7-9-41-10-8-38)12-26(37-25)42-23-2-5-39(6-3-23)21-13-22(14-21)40-17-20(15-36-40)27-24-1-4-33-28(24)35-18-34-27/h1,4,11-12,15,17-18,21-23,27,33H,2-3,5-10,13-14,16H2,(H,34,35). The van der Waals surface area contributed by atoms with Crippen LogP contribution in [0.3, 0.4) is 0 Å². The maximum atomic E-state index is 13.6. The molecule has 0 aromatic carbocycles. The number of aromatic nitrogens is 4. The topological polar surface area (TPSA) is 95.8 Å². The van der Waals surface area contributed by atoms with E-state index in [-0.39, 0.29) is 18.0 Å². The minimum absolute atomic E-state index is 0.0575. The molecule has 3 aromatic rings. The molecule has 3 aromatic heterocycles. The SMILES string of the molecule is FC(F)(F)c1cc(CN2CCOCC2)cc(OC2CCN(C3CC(n4cc(C5N=CNc6[nH]ccc65)cn4)C3)CC2)n1. The summed E-state index contributed by atoms with van der Waals surface area (Å²) < 4.78 is 54.3. The van der Waals surface area contributed by atoms with Crippen LogP contribution in [0.4, 0.5) is 19.0 Å². The van der Waals surface area contributed by atoms with Crippen molar-refractivity contribution in [2.45, 2.75) is 62.6 Å². The Morgan fingerprint density at radius 1 is 1.05 bits per heavy atom. The summed E-state index contributed by atoms with van der Waals surface area (Å²) in [4.78, 5) is 16.2. The van der Waals surface area contributed by atoms with Gasteiger partial charge in [-0.1, -0.05) is 0 Å². The number of rotatable bonds is 7. The van der Waals surface area contributed by atoms with E-state index in [0.717, 1.165) is 61.8 Å². The molecule has 1 unspecified atom stereocenters. The number of H-pyrrole nitrogens is 1. The van der Waals surface area contributed by atoms with Gasteiger partial charge in [0, 0.05) is 68.4 Å². The molecule has 0 radical (unpaired) electrons. The number of aliphatic imine (C=N–C) groups is 1. The van der Waals surface area contributed by atoms with E-state index in [1.165, 1.54) is 0 Å². The normalized spacial score (nSPS) is 25.5. The van der Waals surface area contributed by atoms with E-state index in [1.807, 2.05) is 18.5 Å². The minimum atomic E-state index is -4.52. The summed E-state index contributed by atoms with van der Waals surface area (Å²) in [5.74, 6) is 1.03. The third-order valence-electron chi connectivity index (χ3n) is 8.85. The molecule has 2 N–H and O–H groups in total. The van der Waals surface area contributed by atoms with Crippen LogP contribution in [0.2, 0.25) is 0 Å². The van der Waals surface area contributed by atoms with Gasteiger partial charge in [0.1, 0.15) is 23.7 Å². The smallest absolute Gasteiger partial charge is 0.433 e. The molecule has 1 saturated carbocycles. The van der Waals surface area contributed by atoms with E-state index in [1.54, 1.807) is 12.4 Å². The zero-order valence-corrected chi connectivity index (χ0v) is 23.3. The van der Waals surface area contributed by atoms with Crippen molar-refractivity contribution < 1.29 is 22.6 Å². The second-order valence-electron chi connectivity index (χ2n) is 11.6. The van der Waals surface area contributed by atoms with Gasteiger partial charge in [0.2, 0.25) is 5.88 Å². The quantitative estimate of drug-likeness (QED) is 0.429. The second-order valence-corrected chi connectivity index (χ2v) is 11.6. The van der Waals surface area contributed by atoms with Crippen LogP contribution in [0.1, 0.15) is 60.2 Å². The zero-order valence-electron chi connectivity index (χ0n) is 23.3. The predicted molar refractivity (Wildman–Crippen MR) is 150 cm³/mol. The van der Waals surface area contributed by atoms with Crippen LogP contribution < -0.4 is 10.1 Å². The Morgan fingerprint density at radius 2 is 1.86 bits per heavy atom. The Balaban J connectivity index is 0.921. The largest absolute Gasteiger partial charge is 0.474 e. The summed E-state index contributed by atoms with van der Waals surface area (Å²) in [5.41, 5.74) is 1.85. The van der Waals surface area contributed by atoms with Crippen molar-refractivity contribution in [3.8, 4) is 5.88 Å². The van der Waals surface area contributed by atoms with Crippen molar-refractivity contribution in [1.82, 2.24) is 29.5 Å². The molecule has 0 amide bonds. The summed E-state index contributed by atoms with van der Waals surface area (Å²) in [7, 11) is 0. The Bertz CT molecular complexity index is 1400. The van der Waals surface area contributed by atoms with Crippen LogP contribution in [0.5, 0.6) is 5.88 Å². The number of pyridine rings is 1. The number of anilines is 1. The number of morpholine rings is 1. The number of alkyl halides is 3. The van der Waals surface area contributed by atoms with E-state index in [0.29, 0.717) is 50.5 Å². The molecule has 6 heterocycles. The van der Waals surface area contributed by atoms with Gasteiger partial charge in [0.25, 0.3) is 0 Å². The summed E-state index contributed by atoms with van der Waals surface area (Å²) in [6.45, 7) is 4.70. The number of hydrogen-bond acceptors (Lipinski definition) is 8. The number of aromatic amines is 1. The molecular weight excluding hydrogens is 549 g/mol. The van der Waals surface area contributed by atoms with E-state index in [4.69, 9.17) is 9.47 Å². The Labute approximate surface area is 241 Å². The molecule has 13 heteroatoms. The minimum Gasteiger partial charge on any atom is -0.474 e. The van der Waals surface area contributed by atoms with Gasteiger partial charge in [-0.05, 0) is 43.4 Å². The highest BCUT2D eigenvalue weighted by Crippen LogP contribution is 2.39. The van der Waals surface area contributed by atoms with Crippen LogP contribution in [0, 0.1) is 0 Å². The van der Waals surface area contributed by atoms with Crippen LogP contribution in [-0.4, -0.2) is 87.4 Å². The Hall–Kier alpha value is -3.42. The summed E-state index contributed by atoms with van der Waals surface area (Å²) in [6, 6.07) is 5.62. The number of hydrogen-bond donors (Lipinski definition) is 2. The first-order chi connectivity index (χ1) is 20.4. The predicted octanol–water partition coefficient (Wildman–Crippen LogP) is 4.25. The molecule has 224 valence electrons. The lowest BCUT2D eigenvalue weighted by Crippen LogP contribution is -2.50. The highest BCUT2D eigenvalue weighted by molar-refractivity contribution is 5.79. The lowest BCUT2D eigenvalue weighted by atomic mass is 9.84. The summed E-state index contributed by atoms with van der Waals surface area (Å²) in [6.07, 6.45) is 6.55. The maximum absolute atomic E-state index is 13.6. The third-order valence-corrected chi connectivity index (χ3v) is 8.85. The van der Waals surface area contributed by atoms with Crippen LogP contribution in [0.15, 0.2) is 41.8 Å². The zero-order chi connectivity index (χ0) is 28.7. The molecule has 7 rings (SSSR count). The number of halogens is 3. The maximum Gasteiger partial charge on any atom is 0.433 e. The van der Waals surface area contributed by atoms with Crippen molar-refractivity contribution in [2.24, 2.45) is 4.99 Å². The van der Waals surface area contributed by atoms with E-state index in [2.05, 4.69) is 46.1 Å². The van der Waals surface area contributed by atoms with Crippen molar-refractivity contribution >= 4 is 12.2 Å². The highest BCUT2D eigenvalue weighted by atomic mass is 19.4. The van der Waals surface area contributed by atoms with Crippen LogP contribution in [-0.2, 0) is 17.5 Å². The van der Waals surface area contributed by atoms with Gasteiger partial charge in [-0.15, -0.1) is 0 Å². The molecule has 10 nitrogen and oxygen atoms in total.